The molecule has 0 aliphatic heterocycles. The standard InChI is InChI=1S/C20H22BrN3O4/c1-3-27-17-11-14(10-16(21)20(17)28-4-2)13-22-24-19(26)12-18(25)23-15-8-6-5-7-9-15/h5-11,13H,3-4,12H2,1-2H3,(H,23,25)(H,24,26). The van der Waals surface area contributed by atoms with Crippen molar-refractivity contribution in [3.8, 4) is 11.5 Å². The molecule has 0 fully saturated rings. The number of hydrogen-bond acceptors (Lipinski definition) is 5. The molecule has 2 rings (SSSR count). The molecule has 0 saturated heterocycles. The minimum absolute atomic E-state index is 0.330. The van der Waals surface area contributed by atoms with Crippen LogP contribution in [0.5, 0.6) is 11.5 Å². The molecule has 2 aromatic carbocycles. The SMILES string of the molecule is CCOc1cc(C=NNC(=O)CC(=O)Nc2ccccc2)cc(Br)c1OCC. The van der Waals surface area contributed by atoms with Gasteiger partial charge in [0.1, 0.15) is 6.42 Å². The van der Waals surface area contributed by atoms with Crippen molar-refractivity contribution in [2.24, 2.45) is 5.10 Å². The van der Waals surface area contributed by atoms with Crippen LogP contribution in [-0.2, 0) is 9.59 Å². The van der Waals surface area contributed by atoms with Crippen molar-refractivity contribution in [3.05, 3.63) is 52.5 Å². The van der Waals surface area contributed by atoms with Gasteiger partial charge in [0.25, 0.3) is 0 Å². The fourth-order valence-corrected chi connectivity index (χ4v) is 2.87. The highest BCUT2D eigenvalue weighted by Gasteiger charge is 2.12. The predicted octanol–water partition coefficient (Wildman–Crippen LogP) is 3.73. The Bertz CT molecular complexity index is 841. The number of benzene rings is 2. The molecular formula is C20H22BrN3O4. The fourth-order valence-electron chi connectivity index (χ4n) is 2.30. The summed E-state index contributed by atoms with van der Waals surface area (Å²) in [4.78, 5) is 23.7. The van der Waals surface area contributed by atoms with E-state index in [1.807, 2.05) is 19.9 Å². The Labute approximate surface area is 172 Å². The fraction of sp³-hybridized carbons (Fsp3) is 0.250. The van der Waals surface area contributed by atoms with Crippen LogP contribution >= 0.6 is 15.9 Å². The van der Waals surface area contributed by atoms with Crippen LogP contribution in [0.3, 0.4) is 0 Å². The number of hydrazone groups is 1. The van der Waals surface area contributed by atoms with Crippen LogP contribution in [0.2, 0.25) is 0 Å². The molecule has 28 heavy (non-hydrogen) atoms. The summed E-state index contributed by atoms with van der Waals surface area (Å²) in [6.45, 7) is 4.76. The summed E-state index contributed by atoms with van der Waals surface area (Å²) in [6, 6.07) is 12.5. The summed E-state index contributed by atoms with van der Waals surface area (Å²) in [5.74, 6) is 0.262. The van der Waals surface area contributed by atoms with E-state index in [1.165, 1.54) is 6.21 Å². The molecule has 8 heteroatoms. The minimum Gasteiger partial charge on any atom is -0.490 e. The largest absolute Gasteiger partial charge is 0.490 e. The molecule has 2 N–H and O–H groups in total. The second-order valence-electron chi connectivity index (χ2n) is 5.58. The number of nitrogens with zero attached hydrogens (tertiary/aromatic N) is 1. The Morgan fingerprint density at radius 3 is 2.46 bits per heavy atom. The van der Waals surface area contributed by atoms with Gasteiger partial charge < -0.3 is 14.8 Å². The summed E-state index contributed by atoms with van der Waals surface area (Å²) in [6.07, 6.45) is 1.14. The zero-order chi connectivity index (χ0) is 20.4. The lowest BCUT2D eigenvalue weighted by Gasteiger charge is -2.13. The first-order chi connectivity index (χ1) is 13.5. The van der Waals surface area contributed by atoms with E-state index in [0.717, 1.165) is 4.47 Å². The van der Waals surface area contributed by atoms with Crippen LogP contribution in [-0.4, -0.2) is 31.2 Å². The van der Waals surface area contributed by atoms with Gasteiger partial charge in [-0.2, -0.15) is 5.10 Å². The number of ether oxygens (including phenoxy) is 2. The third-order valence-corrected chi connectivity index (χ3v) is 3.99. The molecule has 148 valence electrons. The first-order valence-electron chi connectivity index (χ1n) is 8.79. The lowest BCUT2D eigenvalue weighted by atomic mass is 10.2. The normalized spacial score (nSPS) is 10.5. The van der Waals surface area contributed by atoms with E-state index in [0.29, 0.717) is 36.0 Å². The quantitative estimate of drug-likeness (QED) is 0.348. The third-order valence-electron chi connectivity index (χ3n) is 3.40. The van der Waals surface area contributed by atoms with Crippen molar-refractivity contribution in [2.45, 2.75) is 20.3 Å². The maximum absolute atomic E-state index is 11.9. The van der Waals surface area contributed by atoms with E-state index in [2.05, 4.69) is 31.8 Å². The average Bonchev–Trinajstić information content (AvgIpc) is 2.65. The molecule has 0 unspecified atom stereocenters. The Morgan fingerprint density at radius 2 is 1.79 bits per heavy atom. The van der Waals surface area contributed by atoms with Crippen LogP contribution in [0.1, 0.15) is 25.8 Å². The van der Waals surface area contributed by atoms with E-state index >= 15 is 0 Å². The molecule has 0 aliphatic rings. The number of amides is 2. The monoisotopic (exact) mass is 447 g/mol. The molecule has 0 bridgehead atoms. The van der Waals surface area contributed by atoms with Gasteiger partial charge in [0.05, 0.1) is 23.9 Å². The summed E-state index contributed by atoms with van der Waals surface area (Å²) in [5.41, 5.74) is 3.67. The maximum atomic E-state index is 11.9. The smallest absolute Gasteiger partial charge is 0.249 e. The molecule has 7 nitrogen and oxygen atoms in total. The number of nitrogens with one attached hydrogen (secondary N) is 2. The Morgan fingerprint density at radius 1 is 1.07 bits per heavy atom. The van der Waals surface area contributed by atoms with Crippen molar-refractivity contribution in [1.29, 1.82) is 0 Å². The van der Waals surface area contributed by atoms with Gasteiger partial charge >= 0.3 is 0 Å². The van der Waals surface area contributed by atoms with E-state index in [9.17, 15) is 9.59 Å². The van der Waals surface area contributed by atoms with Crippen molar-refractivity contribution >= 4 is 39.6 Å². The van der Waals surface area contributed by atoms with Gasteiger partial charge in [-0.3, -0.25) is 9.59 Å². The first kappa shape index (κ1) is 21.4. The number of anilines is 1. The Balaban J connectivity index is 1.94. The number of para-hydroxylation sites is 1. The molecular weight excluding hydrogens is 426 g/mol. The predicted molar refractivity (Wildman–Crippen MR) is 112 cm³/mol. The molecule has 2 aromatic rings. The minimum atomic E-state index is -0.514. The van der Waals surface area contributed by atoms with E-state index < -0.39 is 11.8 Å². The van der Waals surface area contributed by atoms with Crippen molar-refractivity contribution in [2.75, 3.05) is 18.5 Å². The van der Waals surface area contributed by atoms with Crippen molar-refractivity contribution in [3.63, 3.8) is 0 Å². The second kappa shape index (κ2) is 11.1. The third kappa shape index (κ3) is 6.70. The van der Waals surface area contributed by atoms with E-state index in [4.69, 9.17) is 9.47 Å². The van der Waals surface area contributed by atoms with Crippen LogP contribution in [0.4, 0.5) is 5.69 Å². The first-order valence-corrected chi connectivity index (χ1v) is 9.58. The van der Waals surface area contributed by atoms with Gasteiger partial charge in [-0.1, -0.05) is 18.2 Å². The lowest BCUT2D eigenvalue weighted by molar-refractivity contribution is -0.126. The summed E-state index contributed by atoms with van der Waals surface area (Å²) >= 11 is 3.45. The highest BCUT2D eigenvalue weighted by Crippen LogP contribution is 2.36. The zero-order valence-electron chi connectivity index (χ0n) is 15.7. The number of hydrogen-bond donors (Lipinski definition) is 2. The van der Waals surface area contributed by atoms with Crippen molar-refractivity contribution in [1.82, 2.24) is 5.43 Å². The summed E-state index contributed by atoms with van der Waals surface area (Å²) < 4.78 is 11.9. The Hall–Kier alpha value is -2.87. The molecule has 0 radical (unpaired) electrons. The van der Waals surface area contributed by atoms with Gasteiger partial charge in [-0.05, 0) is 59.6 Å². The molecule has 0 saturated carbocycles. The van der Waals surface area contributed by atoms with Gasteiger partial charge in [0, 0.05) is 5.69 Å². The van der Waals surface area contributed by atoms with Gasteiger partial charge in [-0.25, -0.2) is 5.43 Å². The van der Waals surface area contributed by atoms with E-state index in [1.54, 1.807) is 36.4 Å². The zero-order valence-corrected chi connectivity index (χ0v) is 17.3. The van der Waals surface area contributed by atoms with Crippen molar-refractivity contribution < 1.29 is 19.1 Å². The maximum Gasteiger partial charge on any atom is 0.249 e. The topological polar surface area (TPSA) is 89.0 Å². The summed E-state index contributed by atoms with van der Waals surface area (Å²) in [7, 11) is 0. The van der Waals surface area contributed by atoms with E-state index in [-0.39, 0.29) is 6.42 Å². The van der Waals surface area contributed by atoms with Gasteiger partial charge in [0.2, 0.25) is 11.8 Å². The van der Waals surface area contributed by atoms with Crippen LogP contribution in [0.15, 0.2) is 52.0 Å². The number of carbonyl (C=O) groups excluding carboxylic acids is 2. The van der Waals surface area contributed by atoms with Crippen LogP contribution in [0.25, 0.3) is 0 Å². The number of rotatable bonds is 9. The molecule has 0 heterocycles. The molecule has 2 amide bonds. The van der Waals surface area contributed by atoms with Gasteiger partial charge in [-0.15, -0.1) is 0 Å². The number of carbonyl (C=O) groups is 2. The average molecular weight is 448 g/mol. The highest BCUT2D eigenvalue weighted by atomic mass is 79.9. The summed E-state index contributed by atoms with van der Waals surface area (Å²) in [5, 5.41) is 6.54. The Kier molecular flexibility index (Phi) is 8.48. The molecule has 0 aliphatic carbocycles. The van der Waals surface area contributed by atoms with Crippen LogP contribution in [0, 0.1) is 0 Å². The highest BCUT2D eigenvalue weighted by molar-refractivity contribution is 9.10. The van der Waals surface area contributed by atoms with Gasteiger partial charge in [0.15, 0.2) is 11.5 Å². The second-order valence-corrected chi connectivity index (χ2v) is 6.43. The molecule has 0 atom stereocenters. The van der Waals surface area contributed by atoms with Crippen LogP contribution < -0.4 is 20.2 Å². The number of halogens is 1. The molecule has 0 spiro atoms. The molecule has 0 aromatic heterocycles. The lowest BCUT2D eigenvalue weighted by Crippen LogP contribution is -2.24.